The molecule has 0 spiro atoms. The van der Waals surface area contributed by atoms with Gasteiger partial charge in [-0.15, -0.1) is 0 Å². The van der Waals surface area contributed by atoms with Gasteiger partial charge >= 0.3 is 0 Å². The zero-order valence-electron chi connectivity index (χ0n) is 13.1. The van der Waals surface area contributed by atoms with Crippen molar-refractivity contribution in [2.24, 2.45) is 0 Å². The molecule has 1 amide bonds. The van der Waals surface area contributed by atoms with E-state index in [1.807, 2.05) is 30.0 Å². The second-order valence-corrected chi connectivity index (χ2v) is 6.58. The zero-order chi connectivity index (χ0) is 16.2. The molecular weight excluding hydrogens is 356 g/mol. The van der Waals surface area contributed by atoms with E-state index in [1.165, 1.54) is 18.3 Å². The maximum absolute atomic E-state index is 12.5. The molecule has 0 atom stereocenters. The van der Waals surface area contributed by atoms with Crippen LogP contribution in [0.2, 0.25) is 0 Å². The van der Waals surface area contributed by atoms with Crippen molar-refractivity contribution < 1.29 is 4.79 Å². The van der Waals surface area contributed by atoms with Crippen LogP contribution in [0.3, 0.4) is 0 Å². The summed E-state index contributed by atoms with van der Waals surface area (Å²) in [5.41, 5.74) is 2.52. The van der Waals surface area contributed by atoms with Crippen molar-refractivity contribution in [2.45, 2.75) is 26.2 Å². The van der Waals surface area contributed by atoms with Crippen LogP contribution in [0.5, 0.6) is 0 Å². The molecular formula is C17H19BrN4O. The molecule has 0 radical (unpaired) electrons. The number of halogens is 1. The summed E-state index contributed by atoms with van der Waals surface area (Å²) in [6.45, 7) is 3.67. The second kappa shape index (κ2) is 7.08. The van der Waals surface area contributed by atoms with Crippen LogP contribution >= 0.6 is 15.9 Å². The maximum Gasteiger partial charge on any atom is 0.272 e. The van der Waals surface area contributed by atoms with E-state index in [-0.39, 0.29) is 5.91 Å². The molecule has 6 heteroatoms. The maximum atomic E-state index is 12.5. The zero-order valence-corrected chi connectivity index (χ0v) is 14.6. The van der Waals surface area contributed by atoms with Crippen LogP contribution in [0, 0.1) is 6.92 Å². The standard InChI is InChI=1S/C17H19BrN4O/c1-12-5-6-13(9-14(12)18)21-16-10-15(19-11-20-16)17(23)22-7-3-2-4-8-22/h5-6,9-11H,2-4,7-8H2,1H3,(H,19,20,21). The van der Waals surface area contributed by atoms with Crippen LogP contribution < -0.4 is 5.32 Å². The molecule has 0 aliphatic carbocycles. The predicted molar refractivity (Wildman–Crippen MR) is 93.9 cm³/mol. The first-order valence-electron chi connectivity index (χ1n) is 7.78. The molecule has 2 aromatic rings. The fourth-order valence-electron chi connectivity index (χ4n) is 2.62. The van der Waals surface area contributed by atoms with Crippen molar-refractivity contribution >= 4 is 33.3 Å². The fraction of sp³-hybridized carbons (Fsp3) is 0.353. The number of carbonyl (C=O) groups is 1. The van der Waals surface area contributed by atoms with Gasteiger partial charge in [-0.2, -0.15) is 0 Å². The third kappa shape index (κ3) is 3.88. The molecule has 1 aliphatic heterocycles. The first kappa shape index (κ1) is 15.9. The highest BCUT2D eigenvalue weighted by atomic mass is 79.9. The highest BCUT2D eigenvalue weighted by Crippen LogP contribution is 2.23. The minimum Gasteiger partial charge on any atom is -0.340 e. The van der Waals surface area contributed by atoms with Gasteiger partial charge in [0.25, 0.3) is 5.91 Å². The Balaban J connectivity index is 1.76. The number of benzene rings is 1. The number of piperidine rings is 1. The quantitative estimate of drug-likeness (QED) is 0.884. The van der Waals surface area contributed by atoms with Crippen molar-refractivity contribution in [1.82, 2.24) is 14.9 Å². The predicted octanol–water partition coefficient (Wildman–Crippen LogP) is 3.92. The van der Waals surface area contributed by atoms with Gasteiger partial charge in [-0.3, -0.25) is 4.79 Å². The van der Waals surface area contributed by atoms with Gasteiger partial charge in [-0.1, -0.05) is 22.0 Å². The average Bonchev–Trinajstić information content (AvgIpc) is 2.58. The lowest BCUT2D eigenvalue weighted by molar-refractivity contribution is 0.0718. The number of hydrogen-bond acceptors (Lipinski definition) is 4. The number of aryl methyl sites for hydroxylation is 1. The summed E-state index contributed by atoms with van der Waals surface area (Å²) in [6, 6.07) is 7.70. The van der Waals surface area contributed by atoms with Gasteiger partial charge in [0.1, 0.15) is 17.8 Å². The molecule has 2 heterocycles. The van der Waals surface area contributed by atoms with Crippen molar-refractivity contribution in [3.8, 4) is 0 Å². The highest BCUT2D eigenvalue weighted by Gasteiger charge is 2.19. The third-order valence-corrected chi connectivity index (χ3v) is 4.83. The van der Waals surface area contributed by atoms with E-state index in [4.69, 9.17) is 0 Å². The number of likely N-dealkylation sites (tertiary alicyclic amines) is 1. The Hall–Kier alpha value is -1.95. The van der Waals surface area contributed by atoms with Gasteiger partial charge in [0.15, 0.2) is 0 Å². The van der Waals surface area contributed by atoms with Gasteiger partial charge in [0, 0.05) is 29.3 Å². The van der Waals surface area contributed by atoms with Gasteiger partial charge in [0.05, 0.1) is 0 Å². The first-order chi connectivity index (χ1) is 11.1. The lowest BCUT2D eigenvalue weighted by Gasteiger charge is -2.26. The summed E-state index contributed by atoms with van der Waals surface area (Å²) >= 11 is 3.52. The van der Waals surface area contributed by atoms with Crippen molar-refractivity contribution in [3.05, 3.63) is 46.3 Å². The van der Waals surface area contributed by atoms with Crippen LogP contribution in [0.4, 0.5) is 11.5 Å². The molecule has 23 heavy (non-hydrogen) atoms. The molecule has 1 fully saturated rings. The number of aromatic nitrogens is 2. The fourth-order valence-corrected chi connectivity index (χ4v) is 3.00. The molecule has 1 aliphatic rings. The number of anilines is 2. The first-order valence-corrected chi connectivity index (χ1v) is 8.57. The number of nitrogens with zero attached hydrogens (tertiary/aromatic N) is 3. The topological polar surface area (TPSA) is 58.1 Å². The van der Waals surface area contributed by atoms with E-state index in [2.05, 4.69) is 31.2 Å². The molecule has 1 saturated heterocycles. The van der Waals surface area contributed by atoms with Crippen LogP contribution in [0.15, 0.2) is 35.1 Å². The van der Waals surface area contributed by atoms with E-state index in [0.717, 1.165) is 36.1 Å². The normalized spacial score (nSPS) is 14.6. The number of carbonyl (C=O) groups excluding carboxylic acids is 1. The summed E-state index contributed by atoms with van der Waals surface area (Å²) in [5.74, 6) is 0.608. The number of rotatable bonds is 3. The molecule has 3 rings (SSSR count). The monoisotopic (exact) mass is 374 g/mol. The van der Waals surface area contributed by atoms with Gasteiger partial charge in [-0.25, -0.2) is 9.97 Å². The van der Waals surface area contributed by atoms with E-state index in [9.17, 15) is 4.79 Å². The number of amides is 1. The summed E-state index contributed by atoms with van der Waals surface area (Å²) in [7, 11) is 0. The molecule has 120 valence electrons. The Kier molecular flexibility index (Phi) is 4.91. The summed E-state index contributed by atoms with van der Waals surface area (Å²) in [6.07, 6.45) is 4.77. The second-order valence-electron chi connectivity index (χ2n) is 5.73. The third-order valence-electron chi connectivity index (χ3n) is 3.97. The SMILES string of the molecule is Cc1ccc(Nc2cc(C(=O)N3CCCCC3)ncn2)cc1Br. The Bertz CT molecular complexity index is 713. The smallest absolute Gasteiger partial charge is 0.272 e. The Morgan fingerprint density at radius 2 is 1.96 bits per heavy atom. The lowest BCUT2D eigenvalue weighted by Crippen LogP contribution is -2.36. The van der Waals surface area contributed by atoms with E-state index < -0.39 is 0 Å². The Morgan fingerprint density at radius 3 is 2.70 bits per heavy atom. The molecule has 1 N–H and O–H groups in total. The molecule has 1 aromatic carbocycles. The van der Waals surface area contributed by atoms with Crippen LogP contribution in [-0.4, -0.2) is 33.9 Å². The van der Waals surface area contributed by atoms with Crippen LogP contribution in [-0.2, 0) is 0 Å². The van der Waals surface area contributed by atoms with Crippen LogP contribution in [0.1, 0.15) is 35.3 Å². The molecule has 0 unspecified atom stereocenters. The minimum absolute atomic E-state index is 0.0137. The Labute approximate surface area is 144 Å². The number of nitrogens with one attached hydrogen (secondary N) is 1. The molecule has 5 nitrogen and oxygen atoms in total. The molecule has 0 saturated carbocycles. The largest absolute Gasteiger partial charge is 0.340 e. The Morgan fingerprint density at radius 1 is 1.17 bits per heavy atom. The average molecular weight is 375 g/mol. The van der Waals surface area contributed by atoms with E-state index in [1.54, 1.807) is 6.07 Å². The number of hydrogen-bond donors (Lipinski definition) is 1. The lowest BCUT2D eigenvalue weighted by atomic mass is 10.1. The van der Waals surface area contributed by atoms with Gasteiger partial charge in [-0.05, 0) is 43.9 Å². The molecule has 1 aromatic heterocycles. The van der Waals surface area contributed by atoms with Crippen molar-refractivity contribution in [1.29, 1.82) is 0 Å². The summed E-state index contributed by atoms with van der Waals surface area (Å²) < 4.78 is 1.03. The van der Waals surface area contributed by atoms with E-state index >= 15 is 0 Å². The summed E-state index contributed by atoms with van der Waals surface area (Å²) in [4.78, 5) is 22.7. The van der Waals surface area contributed by atoms with Gasteiger partial charge < -0.3 is 10.2 Å². The minimum atomic E-state index is -0.0137. The van der Waals surface area contributed by atoms with E-state index in [0.29, 0.717) is 11.5 Å². The van der Waals surface area contributed by atoms with Crippen LogP contribution in [0.25, 0.3) is 0 Å². The summed E-state index contributed by atoms with van der Waals surface area (Å²) in [5, 5.41) is 3.22. The highest BCUT2D eigenvalue weighted by molar-refractivity contribution is 9.10. The van der Waals surface area contributed by atoms with Crippen molar-refractivity contribution in [2.75, 3.05) is 18.4 Å². The van der Waals surface area contributed by atoms with Crippen molar-refractivity contribution in [3.63, 3.8) is 0 Å². The van der Waals surface area contributed by atoms with Gasteiger partial charge in [0.2, 0.25) is 0 Å². The molecule has 0 bridgehead atoms.